The number of phenolic OH excluding ortho intramolecular Hbond substituents is 1. The van der Waals surface area contributed by atoms with Gasteiger partial charge in [0.2, 0.25) is 0 Å². The highest BCUT2D eigenvalue weighted by Gasteiger charge is 2.01. The van der Waals surface area contributed by atoms with E-state index in [1.807, 2.05) is 19.2 Å². The lowest BCUT2D eigenvalue weighted by Crippen LogP contribution is -1.97. The predicted molar refractivity (Wildman–Crippen MR) is 58.7 cm³/mol. The second kappa shape index (κ2) is 4.35. The number of hydrogen-bond donors (Lipinski definition) is 1. The molecule has 78 valence electrons. The van der Waals surface area contributed by atoms with Crippen LogP contribution in [0.3, 0.4) is 0 Å². The van der Waals surface area contributed by atoms with Gasteiger partial charge in [-0.05, 0) is 18.2 Å². The molecule has 0 saturated carbocycles. The van der Waals surface area contributed by atoms with Gasteiger partial charge in [0.15, 0.2) is 0 Å². The van der Waals surface area contributed by atoms with Gasteiger partial charge >= 0.3 is 0 Å². The summed E-state index contributed by atoms with van der Waals surface area (Å²) in [5, 5.41) is 13.3. The Labute approximate surface area is 92.0 Å². The van der Waals surface area contributed by atoms with Gasteiger partial charge in [-0.2, -0.15) is 5.10 Å². The molecule has 0 unspecified atom stereocenters. The molecule has 0 atom stereocenters. The molecule has 15 heavy (non-hydrogen) atoms. The molecule has 0 radical (unpaired) electrons. The van der Waals surface area contributed by atoms with Gasteiger partial charge in [0.05, 0.1) is 5.75 Å². The van der Waals surface area contributed by atoms with E-state index in [1.54, 1.807) is 34.9 Å². The fraction of sp³-hybridized carbons (Fsp3) is 0.200. The second-order valence-corrected chi connectivity index (χ2v) is 4.13. The zero-order chi connectivity index (χ0) is 10.7. The third-order valence-electron chi connectivity index (χ3n) is 1.99. The minimum Gasteiger partial charge on any atom is -0.508 e. The van der Waals surface area contributed by atoms with Crippen molar-refractivity contribution in [1.82, 2.24) is 14.8 Å². The lowest BCUT2D eigenvalue weighted by molar-refractivity contribution is 0.474. The van der Waals surface area contributed by atoms with Crippen molar-refractivity contribution in [2.24, 2.45) is 7.05 Å². The summed E-state index contributed by atoms with van der Waals surface area (Å²) in [5.74, 6) is 1.96. The number of phenols is 1. The molecule has 0 aliphatic rings. The van der Waals surface area contributed by atoms with E-state index in [0.717, 1.165) is 16.5 Å². The Hall–Kier alpha value is -1.49. The van der Waals surface area contributed by atoms with Gasteiger partial charge in [-0.1, -0.05) is 6.07 Å². The molecule has 0 saturated heterocycles. The first-order valence-corrected chi connectivity index (χ1v) is 5.49. The standard InChI is InChI=1S/C10H11N3OS/c1-13-10(11-7-12-13)6-15-9-4-2-3-8(14)5-9/h2-5,7,14H,6H2,1H3. The average molecular weight is 221 g/mol. The van der Waals surface area contributed by atoms with Crippen molar-refractivity contribution in [1.29, 1.82) is 0 Å². The van der Waals surface area contributed by atoms with Crippen LogP contribution in [-0.4, -0.2) is 19.9 Å². The van der Waals surface area contributed by atoms with Crippen LogP contribution in [0.2, 0.25) is 0 Å². The molecular formula is C10H11N3OS. The number of rotatable bonds is 3. The summed E-state index contributed by atoms with van der Waals surface area (Å²) >= 11 is 1.62. The minimum atomic E-state index is 0.290. The molecule has 0 aliphatic heterocycles. The molecule has 4 nitrogen and oxygen atoms in total. The third-order valence-corrected chi connectivity index (χ3v) is 2.98. The number of hydrogen-bond acceptors (Lipinski definition) is 4. The average Bonchev–Trinajstić information content (AvgIpc) is 2.61. The first-order valence-electron chi connectivity index (χ1n) is 4.50. The fourth-order valence-electron chi connectivity index (χ4n) is 1.17. The lowest BCUT2D eigenvalue weighted by Gasteiger charge is -2.01. The fourth-order valence-corrected chi connectivity index (χ4v) is 2.11. The van der Waals surface area contributed by atoms with E-state index in [0.29, 0.717) is 0 Å². The maximum atomic E-state index is 9.28. The van der Waals surface area contributed by atoms with Gasteiger partial charge in [-0.3, -0.25) is 4.68 Å². The molecule has 0 spiro atoms. The molecule has 0 amide bonds. The van der Waals surface area contributed by atoms with Gasteiger partial charge in [0.25, 0.3) is 0 Å². The van der Waals surface area contributed by atoms with Crippen molar-refractivity contribution in [2.45, 2.75) is 10.6 Å². The Morgan fingerprint density at radius 1 is 1.47 bits per heavy atom. The van der Waals surface area contributed by atoms with Crippen molar-refractivity contribution in [3.63, 3.8) is 0 Å². The molecule has 1 N–H and O–H groups in total. The summed E-state index contributed by atoms with van der Waals surface area (Å²) in [6.45, 7) is 0. The van der Waals surface area contributed by atoms with Crippen LogP contribution in [0.15, 0.2) is 35.5 Å². The van der Waals surface area contributed by atoms with Gasteiger partial charge in [0, 0.05) is 11.9 Å². The van der Waals surface area contributed by atoms with Gasteiger partial charge in [-0.15, -0.1) is 11.8 Å². The van der Waals surface area contributed by atoms with Crippen LogP contribution in [0.1, 0.15) is 5.82 Å². The van der Waals surface area contributed by atoms with E-state index in [4.69, 9.17) is 0 Å². The number of benzene rings is 1. The normalized spacial score (nSPS) is 10.5. The molecule has 0 aliphatic carbocycles. The molecule has 1 aromatic carbocycles. The van der Waals surface area contributed by atoms with Crippen molar-refractivity contribution in [3.8, 4) is 5.75 Å². The highest BCUT2D eigenvalue weighted by atomic mass is 32.2. The number of aromatic hydroxyl groups is 1. The van der Waals surface area contributed by atoms with Crippen molar-refractivity contribution >= 4 is 11.8 Å². The predicted octanol–water partition coefficient (Wildman–Crippen LogP) is 1.81. The van der Waals surface area contributed by atoms with Crippen LogP contribution in [0.25, 0.3) is 0 Å². The Bertz CT molecular complexity index is 455. The molecule has 0 bridgehead atoms. The smallest absolute Gasteiger partial charge is 0.138 e. The lowest BCUT2D eigenvalue weighted by atomic mass is 10.3. The second-order valence-electron chi connectivity index (χ2n) is 3.09. The van der Waals surface area contributed by atoms with E-state index in [9.17, 15) is 5.11 Å². The summed E-state index contributed by atoms with van der Waals surface area (Å²) in [7, 11) is 1.87. The summed E-state index contributed by atoms with van der Waals surface area (Å²) in [6.07, 6.45) is 1.54. The zero-order valence-corrected chi connectivity index (χ0v) is 9.11. The zero-order valence-electron chi connectivity index (χ0n) is 8.29. The van der Waals surface area contributed by atoms with E-state index < -0.39 is 0 Å². The van der Waals surface area contributed by atoms with Crippen LogP contribution >= 0.6 is 11.8 Å². The highest BCUT2D eigenvalue weighted by Crippen LogP contribution is 2.24. The SMILES string of the molecule is Cn1ncnc1CSc1cccc(O)c1. The van der Waals surface area contributed by atoms with Gasteiger partial charge in [0.1, 0.15) is 17.9 Å². The van der Waals surface area contributed by atoms with E-state index in [2.05, 4.69) is 10.1 Å². The number of nitrogens with zero attached hydrogens (tertiary/aromatic N) is 3. The number of aryl methyl sites for hydroxylation is 1. The largest absolute Gasteiger partial charge is 0.508 e. The Kier molecular flexibility index (Phi) is 2.91. The molecule has 1 heterocycles. The molecular weight excluding hydrogens is 210 g/mol. The molecule has 0 fully saturated rings. The summed E-state index contributed by atoms with van der Waals surface area (Å²) in [6, 6.07) is 7.18. The first-order chi connectivity index (χ1) is 7.25. The maximum absolute atomic E-state index is 9.28. The van der Waals surface area contributed by atoms with Crippen LogP contribution in [-0.2, 0) is 12.8 Å². The maximum Gasteiger partial charge on any atom is 0.138 e. The monoisotopic (exact) mass is 221 g/mol. The molecule has 1 aromatic heterocycles. The van der Waals surface area contributed by atoms with Crippen LogP contribution in [0.4, 0.5) is 0 Å². The van der Waals surface area contributed by atoms with Gasteiger partial charge in [-0.25, -0.2) is 4.98 Å². The van der Waals surface area contributed by atoms with Crippen molar-refractivity contribution in [2.75, 3.05) is 0 Å². The first kappa shape index (κ1) is 10.0. The summed E-state index contributed by atoms with van der Waals surface area (Å²) in [5.41, 5.74) is 0. The van der Waals surface area contributed by atoms with Gasteiger partial charge < -0.3 is 5.11 Å². The molecule has 5 heteroatoms. The third kappa shape index (κ3) is 2.50. The van der Waals surface area contributed by atoms with Crippen molar-refractivity contribution < 1.29 is 5.11 Å². The number of thioether (sulfide) groups is 1. The van der Waals surface area contributed by atoms with Crippen molar-refractivity contribution in [3.05, 3.63) is 36.4 Å². The Balaban J connectivity index is 2.02. The topological polar surface area (TPSA) is 50.9 Å². The van der Waals surface area contributed by atoms with Crippen LogP contribution < -0.4 is 0 Å². The quantitative estimate of drug-likeness (QED) is 0.803. The van der Waals surface area contributed by atoms with E-state index in [1.165, 1.54) is 0 Å². The Morgan fingerprint density at radius 3 is 3.00 bits per heavy atom. The summed E-state index contributed by atoms with van der Waals surface area (Å²) < 4.78 is 1.75. The van der Waals surface area contributed by atoms with E-state index in [-0.39, 0.29) is 5.75 Å². The minimum absolute atomic E-state index is 0.290. The summed E-state index contributed by atoms with van der Waals surface area (Å²) in [4.78, 5) is 5.15. The van der Waals surface area contributed by atoms with Crippen LogP contribution in [0.5, 0.6) is 5.75 Å². The molecule has 2 rings (SSSR count). The van der Waals surface area contributed by atoms with Crippen LogP contribution in [0, 0.1) is 0 Å². The Morgan fingerprint density at radius 2 is 2.33 bits per heavy atom. The number of aromatic nitrogens is 3. The van der Waals surface area contributed by atoms with E-state index >= 15 is 0 Å². The highest BCUT2D eigenvalue weighted by molar-refractivity contribution is 7.98. The molecule has 2 aromatic rings.